The molecule has 1 heterocycles. The van der Waals surface area contributed by atoms with Crippen LogP contribution in [-0.4, -0.2) is 21.4 Å². The molecule has 140 valence electrons. The number of nitrogens with zero attached hydrogens (tertiary/aromatic N) is 2. The van der Waals surface area contributed by atoms with E-state index in [1.807, 2.05) is 54.6 Å². The number of hydrogen-bond acceptors (Lipinski definition) is 5. The first kappa shape index (κ1) is 19.1. The van der Waals surface area contributed by atoms with Gasteiger partial charge in [0, 0.05) is 10.7 Å². The summed E-state index contributed by atoms with van der Waals surface area (Å²) >= 11 is 14.1. The molecule has 0 saturated heterocycles. The Bertz CT molecular complexity index is 1200. The highest BCUT2D eigenvalue weighted by atomic mass is 35.5. The smallest absolute Gasteiger partial charge is 0.234 e. The van der Waals surface area contributed by atoms with Gasteiger partial charge in [-0.25, -0.2) is 4.68 Å². The van der Waals surface area contributed by atoms with Crippen molar-refractivity contribution in [3.05, 3.63) is 75.7 Å². The molecule has 3 aromatic carbocycles. The fraction of sp³-hybridized carbons (Fsp3) is 0.0500. The second-order valence-corrected chi connectivity index (χ2v) is 9.20. The van der Waals surface area contributed by atoms with Crippen LogP contribution in [0.3, 0.4) is 0 Å². The van der Waals surface area contributed by atoms with E-state index in [4.69, 9.17) is 23.8 Å². The lowest BCUT2D eigenvalue weighted by Crippen LogP contribution is -2.13. The molecule has 0 radical (unpaired) electrons. The normalized spacial score (nSPS) is 10.9. The second-order valence-electron chi connectivity index (χ2n) is 5.92. The lowest BCUT2D eigenvalue weighted by Gasteiger charge is -2.06. The van der Waals surface area contributed by atoms with Crippen molar-refractivity contribution in [1.29, 1.82) is 0 Å². The fourth-order valence-corrected chi connectivity index (χ4v) is 4.94. The van der Waals surface area contributed by atoms with Crippen LogP contribution < -0.4 is 5.32 Å². The third kappa shape index (κ3) is 4.44. The van der Waals surface area contributed by atoms with E-state index in [9.17, 15) is 4.79 Å². The summed E-state index contributed by atoms with van der Waals surface area (Å²) in [6.45, 7) is 0. The van der Waals surface area contributed by atoms with E-state index in [1.54, 1.807) is 16.8 Å². The SMILES string of the molecule is O=C(CSc1nn(-c2ccc(Cl)cc2)c(=S)s1)Nc1ccc2ccccc2c1. The first-order valence-corrected chi connectivity index (χ1v) is 10.9. The predicted molar refractivity (Wildman–Crippen MR) is 121 cm³/mol. The molecule has 1 amide bonds. The van der Waals surface area contributed by atoms with Crippen molar-refractivity contribution in [2.24, 2.45) is 0 Å². The molecular weight excluding hydrogens is 430 g/mol. The van der Waals surface area contributed by atoms with Crippen LogP contribution in [0, 0.1) is 3.95 Å². The van der Waals surface area contributed by atoms with E-state index in [0.717, 1.165) is 26.5 Å². The van der Waals surface area contributed by atoms with Crippen molar-refractivity contribution in [3.8, 4) is 5.69 Å². The van der Waals surface area contributed by atoms with Crippen LogP contribution in [0.1, 0.15) is 0 Å². The van der Waals surface area contributed by atoms with Crippen LogP contribution in [-0.2, 0) is 4.79 Å². The van der Waals surface area contributed by atoms with Gasteiger partial charge in [-0.3, -0.25) is 4.79 Å². The number of carbonyl (C=O) groups is 1. The van der Waals surface area contributed by atoms with Crippen molar-refractivity contribution in [2.75, 3.05) is 11.1 Å². The topological polar surface area (TPSA) is 46.9 Å². The molecule has 0 fully saturated rings. The molecular formula is C20H14ClN3OS3. The molecule has 8 heteroatoms. The molecule has 0 atom stereocenters. The summed E-state index contributed by atoms with van der Waals surface area (Å²) in [5.74, 6) is 0.176. The number of benzene rings is 3. The zero-order chi connectivity index (χ0) is 19.5. The standard InChI is InChI=1S/C20H14ClN3OS3/c21-15-6-9-17(10-7-15)24-20(26)28-19(23-24)27-12-18(25)22-16-8-5-13-3-1-2-4-14(13)11-16/h1-11H,12H2,(H,22,25). The van der Waals surface area contributed by atoms with Crippen molar-refractivity contribution in [2.45, 2.75) is 4.34 Å². The van der Waals surface area contributed by atoms with Crippen molar-refractivity contribution < 1.29 is 4.79 Å². The molecule has 0 bridgehead atoms. The van der Waals surface area contributed by atoms with E-state index < -0.39 is 0 Å². The first-order valence-electron chi connectivity index (χ1n) is 8.36. The number of amides is 1. The molecule has 4 nitrogen and oxygen atoms in total. The van der Waals surface area contributed by atoms with Gasteiger partial charge in [0.1, 0.15) is 0 Å². The fourth-order valence-electron chi connectivity index (χ4n) is 2.66. The maximum absolute atomic E-state index is 12.3. The van der Waals surface area contributed by atoms with Gasteiger partial charge >= 0.3 is 0 Å². The Morgan fingerprint density at radius 1 is 1.11 bits per heavy atom. The van der Waals surface area contributed by atoms with Gasteiger partial charge in [0.05, 0.1) is 11.4 Å². The number of anilines is 1. The Balaban J connectivity index is 1.41. The Morgan fingerprint density at radius 3 is 2.64 bits per heavy atom. The maximum atomic E-state index is 12.3. The first-order chi connectivity index (χ1) is 13.6. The Hall–Kier alpha value is -2.19. The molecule has 28 heavy (non-hydrogen) atoms. The number of carbonyl (C=O) groups excluding carboxylic acids is 1. The van der Waals surface area contributed by atoms with Crippen LogP contribution in [0.2, 0.25) is 5.02 Å². The van der Waals surface area contributed by atoms with Gasteiger partial charge in [-0.05, 0) is 59.4 Å². The van der Waals surface area contributed by atoms with Gasteiger partial charge in [-0.2, -0.15) is 0 Å². The van der Waals surface area contributed by atoms with E-state index in [0.29, 0.717) is 8.98 Å². The van der Waals surface area contributed by atoms with E-state index in [2.05, 4.69) is 10.4 Å². The van der Waals surface area contributed by atoms with Crippen molar-refractivity contribution in [3.63, 3.8) is 0 Å². The molecule has 0 saturated carbocycles. The zero-order valence-electron chi connectivity index (χ0n) is 14.5. The average Bonchev–Trinajstić information content (AvgIpc) is 3.07. The predicted octanol–water partition coefficient (Wildman–Crippen LogP) is 6.20. The number of fused-ring (bicyclic) bond motifs is 1. The Labute approximate surface area is 180 Å². The third-order valence-corrected chi connectivity index (χ3v) is 6.58. The van der Waals surface area contributed by atoms with Gasteiger partial charge in [0.15, 0.2) is 8.29 Å². The molecule has 4 rings (SSSR count). The number of rotatable bonds is 5. The number of thioether (sulfide) groups is 1. The van der Waals surface area contributed by atoms with Crippen LogP contribution in [0.4, 0.5) is 5.69 Å². The molecule has 4 aromatic rings. The van der Waals surface area contributed by atoms with Gasteiger partial charge < -0.3 is 5.32 Å². The summed E-state index contributed by atoms with van der Waals surface area (Å²) in [6, 6.07) is 21.2. The highest BCUT2D eigenvalue weighted by Gasteiger charge is 2.10. The maximum Gasteiger partial charge on any atom is 0.234 e. The van der Waals surface area contributed by atoms with Crippen LogP contribution in [0.15, 0.2) is 71.1 Å². The van der Waals surface area contributed by atoms with Crippen LogP contribution in [0.25, 0.3) is 16.5 Å². The lowest BCUT2D eigenvalue weighted by atomic mass is 10.1. The Kier molecular flexibility index (Phi) is 5.77. The molecule has 0 unspecified atom stereocenters. The van der Waals surface area contributed by atoms with Crippen LogP contribution in [0.5, 0.6) is 0 Å². The summed E-state index contributed by atoms with van der Waals surface area (Å²) in [5.41, 5.74) is 1.63. The van der Waals surface area contributed by atoms with Gasteiger partial charge in [0.25, 0.3) is 0 Å². The number of aromatic nitrogens is 2. The molecule has 0 spiro atoms. The lowest BCUT2D eigenvalue weighted by molar-refractivity contribution is -0.113. The van der Waals surface area contributed by atoms with Gasteiger partial charge in [-0.15, -0.1) is 5.10 Å². The molecule has 0 aliphatic rings. The summed E-state index contributed by atoms with van der Waals surface area (Å²) in [6.07, 6.45) is 0. The molecule has 1 N–H and O–H groups in total. The van der Waals surface area contributed by atoms with Crippen molar-refractivity contribution in [1.82, 2.24) is 9.78 Å². The number of halogens is 1. The quantitative estimate of drug-likeness (QED) is 0.294. The minimum Gasteiger partial charge on any atom is -0.325 e. The summed E-state index contributed by atoms with van der Waals surface area (Å²) < 4.78 is 3.05. The molecule has 0 aliphatic carbocycles. The minimum atomic E-state index is -0.0838. The summed E-state index contributed by atoms with van der Waals surface area (Å²) in [5, 5.41) is 10.3. The van der Waals surface area contributed by atoms with Crippen molar-refractivity contribution >= 4 is 69.3 Å². The van der Waals surface area contributed by atoms with E-state index >= 15 is 0 Å². The summed E-state index contributed by atoms with van der Waals surface area (Å²) in [4.78, 5) is 12.3. The zero-order valence-corrected chi connectivity index (χ0v) is 17.7. The van der Waals surface area contributed by atoms with Crippen LogP contribution >= 0.6 is 46.9 Å². The van der Waals surface area contributed by atoms with Gasteiger partial charge in [-0.1, -0.05) is 65.0 Å². The average molecular weight is 444 g/mol. The van der Waals surface area contributed by atoms with E-state index in [-0.39, 0.29) is 11.7 Å². The minimum absolute atomic E-state index is 0.0838. The van der Waals surface area contributed by atoms with Gasteiger partial charge in [0.2, 0.25) is 5.91 Å². The second kappa shape index (κ2) is 8.45. The largest absolute Gasteiger partial charge is 0.325 e. The third-order valence-electron chi connectivity index (χ3n) is 3.96. The van der Waals surface area contributed by atoms with E-state index in [1.165, 1.54) is 23.1 Å². The Morgan fingerprint density at radius 2 is 1.86 bits per heavy atom. The monoisotopic (exact) mass is 443 g/mol. The number of nitrogens with one attached hydrogen (secondary N) is 1. The highest BCUT2D eigenvalue weighted by molar-refractivity contribution is 8.01. The molecule has 1 aromatic heterocycles. The highest BCUT2D eigenvalue weighted by Crippen LogP contribution is 2.25. The molecule has 0 aliphatic heterocycles. The number of hydrogen-bond donors (Lipinski definition) is 1. The summed E-state index contributed by atoms with van der Waals surface area (Å²) in [7, 11) is 0.